The van der Waals surface area contributed by atoms with Gasteiger partial charge >= 0.3 is 0 Å². The Morgan fingerprint density at radius 2 is 2.10 bits per heavy atom. The molecule has 1 aliphatic carbocycles. The van der Waals surface area contributed by atoms with Gasteiger partial charge in [-0.25, -0.2) is 0 Å². The van der Waals surface area contributed by atoms with Gasteiger partial charge in [-0.05, 0) is 31.6 Å². The summed E-state index contributed by atoms with van der Waals surface area (Å²) in [6.07, 6.45) is 15.8. The summed E-state index contributed by atoms with van der Waals surface area (Å²) >= 11 is 0. The molecule has 0 saturated carbocycles. The van der Waals surface area contributed by atoms with Crippen LogP contribution < -0.4 is 0 Å². The van der Waals surface area contributed by atoms with Crippen LogP contribution >= 0.6 is 0 Å². The summed E-state index contributed by atoms with van der Waals surface area (Å²) in [7, 11) is 0. The summed E-state index contributed by atoms with van der Waals surface area (Å²) in [5.74, 6) is 3.58. The molecule has 10 heavy (non-hydrogen) atoms. The second kappa shape index (κ2) is 4.17. The molecule has 1 rings (SSSR count). The minimum absolute atomic E-state index is 0.911. The van der Waals surface area contributed by atoms with Crippen LogP contribution in [0.25, 0.3) is 0 Å². The van der Waals surface area contributed by atoms with Gasteiger partial charge in [0.1, 0.15) is 0 Å². The van der Waals surface area contributed by atoms with E-state index in [9.17, 15) is 0 Å². The van der Waals surface area contributed by atoms with Crippen LogP contribution in [0.5, 0.6) is 0 Å². The van der Waals surface area contributed by atoms with E-state index >= 15 is 0 Å². The molecule has 0 heterocycles. The van der Waals surface area contributed by atoms with Gasteiger partial charge in [0.25, 0.3) is 0 Å². The third-order valence-electron chi connectivity index (χ3n) is 2.04. The third kappa shape index (κ3) is 2.27. The summed E-state index contributed by atoms with van der Waals surface area (Å²) in [6.45, 7) is 0. The predicted molar refractivity (Wildman–Crippen MR) is 44.5 cm³/mol. The van der Waals surface area contributed by atoms with Gasteiger partial charge in [-0.15, -0.1) is 12.3 Å². The highest BCUT2D eigenvalue weighted by molar-refractivity contribution is 4.94. The first kappa shape index (κ1) is 7.41. The lowest BCUT2D eigenvalue weighted by Crippen LogP contribution is -1.92. The van der Waals surface area contributed by atoms with Gasteiger partial charge in [0.2, 0.25) is 0 Å². The Kier molecular flexibility index (Phi) is 3.09. The summed E-state index contributed by atoms with van der Waals surface area (Å²) in [5, 5.41) is 0. The lowest BCUT2D eigenvalue weighted by molar-refractivity contribution is 0.504. The molecule has 0 nitrogen and oxygen atoms in total. The number of hydrogen-bond acceptors (Lipinski definition) is 0. The molecular formula is C10H14. The largest absolute Gasteiger partial charge is 0.120 e. The summed E-state index contributed by atoms with van der Waals surface area (Å²) in [6, 6.07) is 0. The smallest absolute Gasteiger partial charge is 0.00861 e. The Bertz CT molecular complexity index is 140. The Morgan fingerprint density at radius 1 is 1.40 bits per heavy atom. The van der Waals surface area contributed by atoms with Crippen molar-refractivity contribution in [3.63, 3.8) is 0 Å². The Balaban J connectivity index is 1.99. The van der Waals surface area contributed by atoms with E-state index in [0.29, 0.717) is 0 Å². The van der Waals surface area contributed by atoms with Crippen LogP contribution in [0, 0.1) is 18.3 Å². The second-order valence-electron chi connectivity index (χ2n) is 2.91. The van der Waals surface area contributed by atoms with Gasteiger partial charge in [0.15, 0.2) is 0 Å². The molecule has 0 bridgehead atoms. The molecule has 0 radical (unpaired) electrons. The highest BCUT2D eigenvalue weighted by Crippen LogP contribution is 2.22. The zero-order chi connectivity index (χ0) is 7.23. The van der Waals surface area contributed by atoms with Crippen LogP contribution in [-0.4, -0.2) is 0 Å². The van der Waals surface area contributed by atoms with Crippen LogP contribution in [0.2, 0.25) is 0 Å². The number of rotatable bonds is 3. The molecule has 0 aromatic carbocycles. The zero-order valence-electron chi connectivity index (χ0n) is 6.34. The second-order valence-corrected chi connectivity index (χ2v) is 2.91. The average Bonchev–Trinajstić information content (AvgIpc) is 2.41. The molecule has 0 unspecified atom stereocenters. The van der Waals surface area contributed by atoms with Crippen LogP contribution in [0.15, 0.2) is 12.2 Å². The SMILES string of the molecule is C#CCCCC1CC=CC1. The van der Waals surface area contributed by atoms with Crippen molar-refractivity contribution in [1.82, 2.24) is 0 Å². The number of hydrogen-bond donors (Lipinski definition) is 0. The van der Waals surface area contributed by atoms with Gasteiger partial charge < -0.3 is 0 Å². The lowest BCUT2D eigenvalue weighted by atomic mass is 10.0. The fourth-order valence-corrected chi connectivity index (χ4v) is 1.40. The topological polar surface area (TPSA) is 0 Å². The van der Waals surface area contributed by atoms with Gasteiger partial charge in [-0.2, -0.15) is 0 Å². The molecule has 1 aliphatic rings. The van der Waals surface area contributed by atoms with Crippen molar-refractivity contribution in [2.24, 2.45) is 5.92 Å². The molecule has 0 saturated heterocycles. The maximum Gasteiger partial charge on any atom is 0.00861 e. The summed E-state index contributed by atoms with van der Waals surface area (Å²) in [5.41, 5.74) is 0. The molecule has 0 N–H and O–H groups in total. The normalized spacial score (nSPS) is 17.5. The van der Waals surface area contributed by atoms with E-state index in [1.807, 2.05) is 0 Å². The standard InChI is InChI=1S/C10H14/c1-2-3-4-7-10-8-5-6-9-10/h1,5-6,10H,3-4,7-9H2. The van der Waals surface area contributed by atoms with E-state index in [-0.39, 0.29) is 0 Å². The molecule has 0 aromatic rings. The molecule has 0 fully saturated rings. The monoisotopic (exact) mass is 134 g/mol. The van der Waals surface area contributed by atoms with Crippen molar-refractivity contribution in [1.29, 1.82) is 0 Å². The van der Waals surface area contributed by atoms with E-state index in [1.165, 1.54) is 25.7 Å². The summed E-state index contributed by atoms with van der Waals surface area (Å²) < 4.78 is 0. The van der Waals surface area contributed by atoms with E-state index < -0.39 is 0 Å². The predicted octanol–water partition coefficient (Wildman–Crippen LogP) is 2.76. The van der Waals surface area contributed by atoms with Crippen LogP contribution in [0.3, 0.4) is 0 Å². The molecule has 0 aliphatic heterocycles. The van der Waals surface area contributed by atoms with Crippen molar-refractivity contribution >= 4 is 0 Å². The van der Waals surface area contributed by atoms with Crippen LogP contribution in [0.1, 0.15) is 32.1 Å². The molecule has 0 aromatic heterocycles. The first-order chi connectivity index (χ1) is 4.93. The van der Waals surface area contributed by atoms with Crippen molar-refractivity contribution in [2.45, 2.75) is 32.1 Å². The number of unbranched alkanes of at least 4 members (excludes halogenated alkanes) is 1. The van der Waals surface area contributed by atoms with Crippen LogP contribution in [-0.2, 0) is 0 Å². The Hall–Kier alpha value is -0.700. The van der Waals surface area contributed by atoms with Gasteiger partial charge in [0, 0.05) is 6.42 Å². The van der Waals surface area contributed by atoms with Gasteiger partial charge in [-0.3, -0.25) is 0 Å². The molecule has 0 heteroatoms. The van der Waals surface area contributed by atoms with Gasteiger partial charge in [0.05, 0.1) is 0 Å². The highest BCUT2D eigenvalue weighted by Gasteiger charge is 2.08. The number of terminal acetylenes is 1. The van der Waals surface area contributed by atoms with E-state index in [4.69, 9.17) is 6.42 Å². The molecule has 0 atom stereocenters. The minimum atomic E-state index is 0.911. The van der Waals surface area contributed by atoms with E-state index in [0.717, 1.165) is 12.3 Å². The third-order valence-corrected chi connectivity index (χ3v) is 2.04. The fraction of sp³-hybridized carbons (Fsp3) is 0.600. The van der Waals surface area contributed by atoms with E-state index in [2.05, 4.69) is 18.1 Å². The maximum atomic E-state index is 5.15. The van der Waals surface area contributed by atoms with Gasteiger partial charge in [-0.1, -0.05) is 12.2 Å². The molecule has 54 valence electrons. The first-order valence-electron chi connectivity index (χ1n) is 4.02. The number of allylic oxidation sites excluding steroid dienone is 2. The lowest BCUT2D eigenvalue weighted by Gasteiger charge is -2.05. The minimum Gasteiger partial charge on any atom is -0.120 e. The molecular weight excluding hydrogens is 120 g/mol. The molecule has 0 spiro atoms. The van der Waals surface area contributed by atoms with E-state index in [1.54, 1.807) is 0 Å². The molecule has 0 amide bonds. The highest BCUT2D eigenvalue weighted by atomic mass is 14.1. The van der Waals surface area contributed by atoms with Crippen molar-refractivity contribution in [3.05, 3.63) is 12.2 Å². The Morgan fingerprint density at radius 3 is 2.70 bits per heavy atom. The maximum absolute atomic E-state index is 5.15. The van der Waals surface area contributed by atoms with Crippen molar-refractivity contribution in [2.75, 3.05) is 0 Å². The summed E-state index contributed by atoms with van der Waals surface area (Å²) in [4.78, 5) is 0. The average molecular weight is 134 g/mol. The Labute approximate surface area is 63.3 Å². The van der Waals surface area contributed by atoms with Crippen molar-refractivity contribution < 1.29 is 0 Å². The first-order valence-corrected chi connectivity index (χ1v) is 4.02. The quantitative estimate of drug-likeness (QED) is 0.316. The fourth-order valence-electron chi connectivity index (χ4n) is 1.40. The van der Waals surface area contributed by atoms with Crippen molar-refractivity contribution in [3.8, 4) is 12.3 Å². The van der Waals surface area contributed by atoms with Crippen LogP contribution in [0.4, 0.5) is 0 Å². The zero-order valence-corrected chi connectivity index (χ0v) is 6.34.